The van der Waals surface area contributed by atoms with Gasteiger partial charge < -0.3 is 15.8 Å². The molecule has 1 heterocycles. The zero-order valence-electron chi connectivity index (χ0n) is 13.2. The van der Waals surface area contributed by atoms with Crippen LogP contribution in [0.25, 0.3) is 0 Å². The summed E-state index contributed by atoms with van der Waals surface area (Å²) in [5.74, 6) is -0.415. The highest BCUT2D eigenvalue weighted by Crippen LogP contribution is 2.30. The number of hydrogen-bond donors (Lipinski definition) is 2. The molecule has 0 unspecified atom stereocenters. The molecule has 120 valence electrons. The first-order valence-electron chi connectivity index (χ1n) is 7.45. The Labute approximate surface area is 139 Å². The number of quaternary nitrogens is 1. The molecule has 0 spiro atoms. The van der Waals surface area contributed by atoms with Crippen molar-refractivity contribution in [3.05, 3.63) is 51.9 Å². The van der Waals surface area contributed by atoms with Crippen LogP contribution in [0.1, 0.15) is 46.3 Å². The number of rotatable bonds is 6. The van der Waals surface area contributed by atoms with Crippen molar-refractivity contribution >= 4 is 22.3 Å². The molecule has 0 aliphatic rings. The van der Waals surface area contributed by atoms with Crippen LogP contribution in [0, 0.1) is 11.3 Å². The van der Waals surface area contributed by atoms with Crippen molar-refractivity contribution < 1.29 is 14.8 Å². The summed E-state index contributed by atoms with van der Waals surface area (Å²) in [6, 6.07) is 12.4. The topological polar surface area (TPSA) is 92.7 Å². The van der Waals surface area contributed by atoms with E-state index in [4.69, 9.17) is 10.5 Å². The number of benzene rings is 1. The van der Waals surface area contributed by atoms with Gasteiger partial charge in [-0.1, -0.05) is 30.3 Å². The lowest BCUT2D eigenvalue weighted by Gasteiger charge is -2.11. The van der Waals surface area contributed by atoms with E-state index in [1.807, 2.05) is 18.2 Å². The minimum absolute atomic E-state index is 0.207. The molecule has 5 nitrogen and oxygen atoms in total. The van der Waals surface area contributed by atoms with Crippen LogP contribution in [0.5, 0.6) is 0 Å². The number of nitriles is 1. The van der Waals surface area contributed by atoms with Gasteiger partial charge in [0.2, 0.25) is 0 Å². The third kappa shape index (κ3) is 3.89. The number of hydrogen-bond acceptors (Lipinski definition) is 5. The molecular weight excluding hydrogens is 310 g/mol. The molecule has 2 rings (SSSR count). The zero-order chi connectivity index (χ0) is 16.8. The van der Waals surface area contributed by atoms with E-state index in [1.165, 1.54) is 5.56 Å². The average molecular weight is 330 g/mol. The maximum absolute atomic E-state index is 12.1. The van der Waals surface area contributed by atoms with Gasteiger partial charge >= 0.3 is 5.97 Å². The van der Waals surface area contributed by atoms with Gasteiger partial charge in [0.05, 0.1) is 17.7 Å². The van der Waals surface area contributed by atoms with E-state index >= 15 is 0 Å². The third-order valence-corrected chi connectivity index (χ3v) is 4.65. The van der Waals surface area contributed by atoms with Crippen LogP contribution in [0.2, 0.25) is 0 Å². The minimum Gasteiger partial charge on any atom is -0.462 e. The molecule has 0 aliphatic heterocycles. The number of esters is 1. The first kappa shape index (κ1) is 17.0. The molecular formula is C17H20N3O2S+. The number of carbonyl (C=O) groups excluding carboxylic acids is 1. The lowest BCUT2D eigenvalue weighted by atomic mass is 10.1. The Morgan fingerprint density at radius 2 is 2.13 bits per heavy atom. The normalized spacial score (nSPS) is 11.7. The molecule has 0 radical (unpaired) electrons. The second kappa shape index (κ2) is 7.77. The number of anilines is 1. The number of nitrogens with zero attached hydrogens (tertiary/aromatic N) is 1. The van der Waals surface area contributed by atoms with Crippen LogP contribution >= 0.6 is 11.3 Å². The van der Waals surface area contributed by atoms with Crippen LogP contribution in [0.15, 0.2) is 30.3 Å². The Hall–Kier alpha value is -2.36. The summed E-state index contributed by atoms with van der Waals surface area (Å²) in [6.45, 7) is 4.63. The molecule has 0 fully saturated rings. The quantitative estimate of drug-likeness (QED) is 0.794. The van der Waals surface area contributed by atoms with Crippen molar-refractivity contribution in [1.29, 1.82) is 5.26 Å². The molecule has 23 heavy (non-hydrogen) atoms. The van der Waals surface area contributed by atoms with Crippen LogP contribution in [0.4, 0.5) is 5.00 Å². The van der Waals surface area contributed by atoms with Crippen molar-refractivity contribution in [3.63, 3.8) is 0 Å². The first-order valence-corrected chi connectivity index (χ1v) is 8.26. The molecule has 6 heteroatoms. The Morgan fingerprint density at radius 1 is 1.43 bits per heavy atom. The van der Waals surface area contributed by atoms with Gasteiger partial charge in [-0.05, 0) is 13.8 Å². The molecule has 1 aromatic carbocycles. The fourth-order valence-electron chi connectivity index (χ4n) is 2.35. The molecule has 0 saturated heterocycles. The van der Waals surface area contributed by atoms with Gasteiger partial charge in [0.1, 0.15) is 28.5 Å². The summed E-state index contributed by atoms with van der Waals surface area (Å²) in [5.41, 5.74) is 8.11. The fraction of sp³-hybridized carbons (Fsp3) is 0.294. The van der Waals surface area contributed by atoms with Crippen LogP contribution in [-0.4, -0.2) is 12.6 Å². The Bertz CT molecular complexity index is 719. The average Bonchev–Trinajstić information content (AvgIpc) is 2.89. The van der Waals surface area contributed by atoms with Crippen LogP contribution in [0.3, 0.4) is 0 Å². The van der Waals surface area contributed by atoms with Crippen molar-refractivity contribution in [2.24, 2.45) is 0 Å². The lowest BCUT2D eigenvalue weighted by molar-refractivity contribution is -0.707. The van der Waals surface area contributed by atoms with E-state index in [-0.39, 0.29) is 6.04 Å². The van der Waals surface area contributed by atoms with Crippen molar-refractivity contribution in [2.75, 3.05) is 12.3 Å². The maximum atomic E-state index is 12.1. The highest BCUT2D eigenvalue weighted by molar-refractivity contribution is 7.18. The number of carbonyl (C=O) groups is 1. The number of nitrogens with two attached hydrogens (primary N) is 2. The molecule has 0 saturated carbocycles. The van der Waals surface area contributed by atoms with E-state index in [2.05, 4.69) is 30.4 Å². The summed E-state index contributed by atoms with van der Waals surface area (Å²) in [7, 11) is 0. The monoisotopic (exact) mass is 330 g/mol. The van der Waals surface area contributed by atoms with Gasteiger partial charge in [-0.3, -0.25) is 0 Å². The predicted molar refractivity (Wildman–Crippen MR) is 89.9 cm³/mol. The van der Waals surface area contributed by atoms with Gasteiger partial charge in [-0.15, -0.1) is 11.3 Å². The first-order chi connectivity index (χ1) is 11.1. The second-order valence-electron chi connectivity index (χ2n) is 5.12. The number of thiophene rings is 1. The van der Waals surface area contributed by atoms with E-state index in [1.54, 1.807) is 6.92 Å². The number of nitrogen functional groups attached to an aromatic ring is 1. The van der Waals surface area contributed by atoms with Crippen molar-refractivity contribution in [3.8, 4) is 6.07 Å². The van der Waals surface area contributed by atoms with Gasteiger partial charge in [-0.2, -0.15) is 5.26 Å². The molecule has 2 aromatic rings. The fourth-order valence-corrected chi connectivity index (χ4v) is 3.29. The Morgan fingerprint density at radius 3 is 2.74 bits per heavy atom. The highest BCUT2D eigenvalue weighted by atomic mass is 32.1. The van der Waals surface area contributed by atoms with Gasteiger partial charge in [0.15, 0.2) is 0 Å². The maximum Gasteiger partial charge on any atom is 0.348 e. The molecule has 1 atom stereocenters. The van der Waals surface area contributed by atoms with E-state index in [0.29, 0.717) is 34.2 Å². The van der Waals surface area contributed by atoms with Gasteiger partial charge in [0, 0.05) is 5.56 Å². The second-order valence-corrected chi connectivity index (χ2v) is 6.17. The smallest absolute Gasteiger partial charge is 0.348 e. The highest BCUT2D eigenvalue weighted by Gasteiger charge is 2.24. The third-order valence-electron chi connectivity index (χ3n) is 3.61. The van der Waals surface area contributed by atoms with Gasteiger partial charge in [-0.25, -0.2) is 4.79 Å². The summed E-state index contributed by atoms with van der Waals surface area (Å²) in [4.78, 5) is 12.5. The Balaban J connectivity index is 2.21. The largest absolute Gasteiger partial charge is 0.462 e. The minimum atomic E-state index is -0.415. The van der Waals surface area contributed by atoms with E-state index in [9.17, 15) is 10.1 Å². The predicted octanol–water partition coefficient (Wildman–Crippen LogP) is 2.20. The van der Waals surface area contributed by atoms with Crippen LogP contribution < -0.4 is 11.1 Å². The summed E-state index contributed by atoms with van der Waals surface area (Å²) >= 11 is 1.12. The zero-order valence-corrected chi connectivity index (χ0v) is 14.0. The van der Waals surface area contributed by atoms with Crippen LogP contribution in [-0.2, 0) is 11.3 Å². The molecule has 4 N–H and O–H groups in total. The summed E-state index contributed by atoms with van der Waals surface area (Å²) in [6.07, 6.45) is 0. The number of ether oxygens (including phenoxy) is 1. The molecule has 0 aliphatic carbocycles. The van der Waals surface area contributed by atoms with E-state index < -0.39 is 5.97 Å². The standard InChI is InChI=1S/C17H19N3O2S/c1-3-22-17(21)15-14(13(9-18)16(19)23-15)10-20-11(2)12-7-5-4-6-8-12/h4-8,11,20H,3,10,19H2,1-2H3/p+1/t11-/m1/s1. The summed E-state index contributed by atoms with van der Waals surface area (Å²) < 4.78 is 5.07. The summed E-state index contributed by atoms with van der Waals surface area (Å²) in [5, 5.41) is 11.8. The van der Waals surface area contributed by atoms with Gasteiger partial charge in [0.25, 0.3) is 0 Å². The van der Waals surface area contributed by atoms with Crippen molar-refractivity contribution in [1.82, 2.24) is 0 Å². The SMILES string of the molecule is CCOC(=O)c1sc(N)c(C#N)c1C[NH2+][C@H](C)c1ccccc1. The molecule has 0 amide bonds. The lowest BCUT2D eigenvalue weighted by Crippen LogP contribution is -2.83. The van der Waals surface area contributed by atoms with E-state index in [0.717, 1.165) is 11.3 Å². The molecule has 0 bridgehead atoms. The Kier molecular flexibility index (Phi) is 5.74. The van der Waals surface area contributed by atoms with Crippen molar-refractivity contribution in [2.45, 2.75) is 26.4 Å². The molecule has 1 aromatic heterocycles.